The summed E-state index contributed by atoms with van der Waals surface area (Å²) in [5, 5.41) is 11.6. The van der Waals surface area contributed by atoms with Gasteiger partial charge in [0.15, 0.2) is 0 Å². The lowest BCUT2D eigenvalue weighted by Crippen LogP contribution is -2.14. The Labute approximate surface area is 115 Å². The van der Waals surface area contributed by atoms with E-state index < -0.39 is 11.7 Å². The van der Waals surface area contributed by atoms with Crippen molar-refractivity contribution in [3.8, 4) is 6.07 Å². The Bertz CT molecular complexity index is 720. The first-order chi connectivity index (χ1) is 9.51. The third kappa shape index (κ3) is 2.75. The maximum absolute atomic E-state index is 13.0. The van der Waals surface area contributed by atoms with Crippen LogP contribution in [0.2, 0.25) is 0 Å². The quantitative estimate of drug-likeness (QED) is 0.823. The molecule has 0 radical (unpaired) electrons. The van der Waals surface area contributed by atoms with Crippen molar-refractivity contribution in [1.29, 1.82) is 5.26 Å². The molecule has 0 aliphatic rings. The van der Waals surface area contributed by atoms with E-state index in [1.54, 1.807) is 19.1 Å². The van der Waals surface area contributed by atoms with E-state index in [9.17, 15) is 9.18 Å². The number of amides is 1. The van der Waals surface area contributed by atoms with Crippen LogP contribution < -0.4 is 11.1 Å². The molecule has 3 N–H and O–H groups in total. The van der Waals surface area contributed by atoms with Crippen molar-refractivity contribution in [2.24, 2.45) is 0 Å². The number of aryl methyl sites for hydroxylation is 1. The first-order valence-corrected chi connectivity index (χ1v) is 5.88. The molecule has 0 fully saturated rings. The van der Waals surface area contributed by atoms with Gasteiger partial charge in [0.2, 0.25) is 0 Å². The molecule has 0 bridgehead atoms. The molecule has 20 heavy (non-hydrogen) atoms. The zero-order valence-electron chi connectivity index (χ0n) is 10.8. The molecule has 0 saturated carbocycles. The van der Waals surface area contributed by atoms with Crippen LogP contribution in [0.3, 0.4) is 0 Å². The highest BCUT2D eigenvalue weighted by molar-refractivity contribution is 6.05. The Morgan fingerprint density at radius 3 is 2.70 bits per heavy atom. The molecule has 0 spiro atoms. The van der Waals surface area contributed by atoms with Gasteiger partial charge in [-0.15, -0.1) is 0 Å². The van der Waals surface area contributed by atoms with E-state index in [0.29, 0.717) is 22.5 Å². The average Bonchev–Trinajstić information content (AvgIpc) is 2.40. The second kappa shape index (κ2) is 5.41. The number of hydrogen-bond acceptors (Lipinski definition) is 3. The van der Waals surface area contributed by atoms with Crippen molar-refractivity contribution in [2.45, 2.75) is 6.92 Å². The fraction of sp³-hybridized carbons (Fsp3) is 0.0667. The van der Waals surface area contributed by atoms with Gasteiger partial charge in [0.25, 0.3) is 5.91 Å². The summed E-state index contributed by atoms with van der Waals surface area (Å²) >= 11 is 0. The van der Waals surface area contributed by atoms with Crippen molar-refractivity contribution in [3.05, 3.63) is 58.9 Å². The Kier molecular flexibility index (Phi) is 3.67. The number of hydrogen-bond donors (Lipinski definition) is 2. The van der Waals surface area contributed by atoms with Crippen LogP contribution in [0.5, 0.6) is 0 Å². The molecule has 1 amide bonds. The summed E-state index contributed by atoms with van der Waals surface area (Å²) in [7, 11) is 0. The van der Waals surface area contributed by atoms with E-state index in [-0.39, 0.29) is 5.56 Å². The van der Waals surface area contributed by atoms with Crippen LogP contribution in [-0.4, -0.2) is 5.91 Å². The predicted octanol–water partition coefficient (Wildman–Crippen LogP) is 2.84. The predicted molar refractivity (Wildman–Crippen MR) is 74.7 cm³/mol. The molecule has 0 aromatic heterocycles. The van der Waals surface area contributed by atoms with E-state index in [0.717, 1.165) is 0 Å². The first-order valence-electron chi connectivity index (χ1n) is 5.88. The lowest BCUT2D eigenvalue weighted by atomic mass is 10.1. The number of nitrogens with one attached hydrogen (secondary N) is 1. The topological polar surface area (TPSA) is 78.9 Å². The number of nitrogens with two attached hydrogens (primary N) is 1. The summed E-state index contributed by atoms with van der Waals surface area (Å²) in [6, 6.07) is 10.5. The number of benzene rings is 2. The first kappa shape index (κ1) is 13.6. The lowest BCUT2D eigenvalue weighted by Gasteiger charge is -2.09. The minimum absolute atomic E-state index is 0.276. The lowest BCUT2D eigenvalue weighted by molar-refractivity contribution is 0.102. The van der Waals surface area contributed by atoms with E-state index in [1.807, 2.05) is 6.07 Å². The number of nitrogens with zero attached hydrogens (tertiary/aromatic N) is 1. The summed E-state index contributed by atoms with van der Waals surface area (Å²) in [5.41, 5.74) is 7.55. The van der Waals surface area contributed by atoms with Gasteiger partial charge < -0.3 is 11.1 Å². The second-order valence-corrected chi connectivity index (χ2v) is 4.33. The fourth-order valence-electron chi connectivity index (χ4n) is 1.83. The Balaban J connectivity index is 2.31. The van der Waals surface area contributed by atoms with Crippen LogP contribution in [0.25, 0.3) is 0 Å². The molecule has 4 nitrogen and oxygen atoms in total. The molecule has 5 heteroatoms. The largest absolute Gasteiger partial charge is 0.399 e. The maximum atomic E-state index is 13.0. The van der Waals surface area contributed by atoms with Gasteiger partial charge in [0.05, 0.1) is 11.3 Å². The molecule has 0 saturated heterocycles. The number of nitrogen functional groups attached to an aromatic ring is 1. The minimum atomic E-state index is -0.399. The van der Waals surface area contributed by atoms with Gasteiger partial charge in [-0.25, -0.2) is 4.39 Å². The van der Waals surface area contributed by atoms with Crippen molar-refractivity contribution in [2.75, 3.05) is 11.1 Å². The highest BCUT2D eigenvalue weighted by atomic mass is 19.1. The Hall–Kier alpha value is -2.87. The third-order valence-electron chi connectivity index (χ3n) is 2.85. The van der Waals surface area contributed by atoms with Gasteiger partial charge in [-0.2, -0.15) is 5.26 Å². The van der Waals surface area contributed by atoms with E-state index >= 15 is 0 Å². The minimum Gasteiger partial charge on any atom is -0.399 e. The summed E-state index contributed by atoms with van der Waals surface area (Å²) in [5.74, 6) is -0.798. The molecule has 2 aromatic rings. The second-order valence-electron chi connectivity index (χ2n) is 4.33. The normalized spacial score (nSPS) is 9.85. The van der Waals surface area contributed by atoms with Crippen LogP contribution in [0.1, 0.15) is 21.5 Å². The van der Waals surface area contributed by atoms with Crippen LogP contribution in [-0.2, 0) is 0 Å². The SMILES string of the molecule is Cc1cc(F)ccc1C(=O)Nc1ccc(N)cc1C#N. The zero-order chi connectivity index (χ0) is 14.7. The highest BCUT2D eigenvalue weighted by Gasteiger charge is 2.12. The van der Waals surface area contributed by atoms with Gasteiger partial charge in [-0.1, -0.05) is 0 Å². The van der Waals surface area contributed by atoms with Gasteiger partial charge in [0.1, 0.15) is 11.9 Å². The fourth-order valence-corrected chi connectivity index (χ4v) is 1.83. The molecule has 0 aliphatic carbocycles. The smallest absolute Gasteiger partial charge is 0.255 e. The number of halogens is 1. The zero-order valence-corrected chi connectivity index (χ0v) is 10.8. The summed E-state index contributed by atoms with van der Waals surface area (Å²) in [4.78, 5) is 12.1. The Morgan fingerprint density at radius 2 is 2.05 bits per heavy atom. The molecule has 2 rings (SSSR count). The number of anilines is 2. The average molecular weight is 269 g/mol. The molecule has 0 atom stereocenters. The van der Waals surface area contributed by atoms with Crippen molar-refractivity contribution in [1.82, 2.24) is 0 Å². The maximum Gasteiger partial charge on any atom is 0.255 e. The van der Waals surface area contributed by atoms with Gasteiger partial charge >= 0.3 is 0 Å². The summed E-state index contributed by atoms with van der Waals surface area (Å²) < 4.78 is 13.0. The van der Waals surface area contributed by atoms with E-state index in [1.165, 1.54) is 24.3 Å². The van der Waals surface area contributed by atoms with Gasteiger partial charge in [-0.05, 0) is 48.9 Å². The number of carbonyl (C=O) groups is 1. The molecule has 0 aliphatic heterocycles. The number of carbonyl (C=O) groups excluding carboxylic acids is 1. The summed E-state index contributed by atoms with van der Waals surface area (Å²) in [6.45, 7) is 1.65. The third-order valence-corrected chi connectivity index (χ3v) is 2.85. The highest BCUT2D eigenvalue weighted by Crippen LogP contribution is 2.19. The van der Waals surface area contributed by atoms with Crippen molar-refractivity contribution < 1.29 is 9.18 Å². The molecule has 2 aromatic carbocycles. The van der Waals surface area contributed by atoms with Crippen molar-refractivity contribution in [3.63, 3.8) is 0 Å². The van der Waals surface area contributed by atoms with Crippen molar-refractivity contribution >= 4 is 17.3 Å². The standard InChI is InChI=1S/C15H12FN3O/c1-9-6-11(16)2-4-13(9)15(20)19-14-5-3-12(18)7-10(14)8-17/h2-7H,18H2,1H3,(H,19,20). The van der Waals surface area contributed by atoms with Gasteiger partial charge in [0, 0.05) is 11.3 Å². The van der Waals surface area contributed by atoms with Crippen LogP contribution in [0.4, 0.5) is 15.8 Å². The molecule has 100 valence electrons. The number of rotatable bonds is 2. The van der Waals surface area contributed by atoms with Gasteiger partial charge in [-0.3, -0.25) is 4.79 Å². The van der Waals surface area contributed by atoms with E-state index in [2.05, 4.69) is 5.32 Å². The number of nitriles is 1. The van der Waals surface area contributed by atoms with Crippen LogP contribution >= 0.6 is 0 Å². The van der Waals surface area contributed by atoms with E-state index in [4.69, 9.17) is 11.0 Å². The molecular formula is C15H12FN3O. The molecular weight excluding hydrogens is 257 g/mol. The summed E-state index contributed by atoms with van der Waals surface area (Å²) in [6.07, 6.45) is 0. The van der Waals surface area contributed by atoms with Crippen LogP contribution in [0.15, 0.2) is 36.4 Å². The molecule has 0 heterocycles. The monoisotopic (exact) mass is 269 g/mol. The van der Waals surface area contributed by atoms with Crippen LogP contribution in [0, 0.1) is 24.1 Å². The Morgan fingerprint density at radius 1 is 1.30 bits per heavy atom. The molecule has 0 unspecified atom stereocenters.